The van der Waals surface area contributed by atoms with Gasteiger partial charge in [0.2, 0.25) is 0 Å². The Kier molecular flexibility index (Phi) is 6.99. The summed E-state index contributed by atoms with van der Waals surface area (Å²) in [5.41, 5.74) is -1.61. The van der Waals surface area contributed by atoms with Gasteiger partial charge in [-0.05, 0) is 48.7 Å². The number of aromatic nitrogens is 5. The zero-order valence-corrected chi connectivity index (χ0v) is 22.6. The topological polar surface area (TPSA) is 78.8 Å². The number of methoxy groups -OCH3 is 1. The molecule has 2 saturated heterocycles. The smallest absolute Gasteiger partial charge is 0.383 e. The number of likely N-dealkylation sites (tertiary alicyclic amines) is 1. The number of nitrogens with zero attached hydrogens (tertiary/aromatic N) is 6. The van der Waals surface area contributed by atoms with Gasteiger partial charge >= 0.3 is 11.9 Å². The molecule has 3 aromatic heterocycles. The van der Waals surface area contributed by atoms with Crippen LogP contribution in [0.3, 0.4) is 0 Å². The molecule has 4 aromatic rings. The highest BCUT2D eigenvalue weighted by Gasteiger charge is 2.50. The zero-order valence-electron chi connectivity index (χ0n) is 22.6. The van der Waals surface area contributed by atoms with Crippen molar-refractivity contribution >= 4 is 5.52 Å². The summed E-state index contributed by atoms with van der Waals surface area (Å²) in [5, 5.41) is 7.68. The maximum absolute atomic E-state index is 15.9. The van der Waals surface area contributed by atoms with Crippen LogP contribution in [-0.2, 0) is 34.7 Å². The summed E-state index contributed by atoms with van der Waals surface area (Å²) in [7, 11) is 3.25. The van der Waals surface area contributed by atoms with Gasteiger partial charge in [-0.2, -0.15) is 13.2 Å². The summed E-state index contributed by atoms with van der Waals surface area (Å²) >= 11 is 0. The minimum absolute atomic E-state index is 0.0826. The number of hydrogen-bond donors (Lipinski definition) is 0. The van der Waals surface area contributed by atoms with Crippen molar-refractivity contribution in [3.8, 4) is 5.69 Å². The lowest BCUT2D eigenvalue weighted by molar-refractivity contribution is -0.136. The first-order chi connectivity index (χ1) is 19.6. The van der Waals surface area contributed by atoms with Crippen LogP contribution >= 0.6 is 0 Å². The Hall–Kier alpha value is -3.55. The third kappa shape index (κ3) is 4.75. The Labute approximate surface area is 232 Å². The number of alkyl halides is 4. The number of halogens is 4. The molecular formula is C28H30F4N6O3. The highest BCUT2D eigenvalue weighted by Crippen LogP contribution is 2.45. The fourth-order valence-electron chi connectivity index (χ4n) is 5.98. The molecule has 0 bridgehead atoms. The van der Waals surface area contributed by atoms with Crippen LogP contribution in [0.4, 0.5) is 17.6 Å². The molecule has 0 radical (unpaired) electrons. The van der Waals surface area contributed by atoms with E-state index in [-0.39, 0.29) is 37.1 Å². The van der Waals surface area contributed by atoms with Crippen LogP contribution in [0.1, 0.15) is 41.5 Å². The molecule has 2 aliphatic rings. The van der Waals surface area contributed by atoms with Crippen molar-refractivity contribution in [3.63, 3.8) is 0 Å². The second-order valence-corrected chi connectivity index (χ2v) is 10.9. The number of imidazole rings is 1. The third-order valence-corrected chi connectivity index (χ3v) is 8.25. The summed E-state index contributed by atoms with van der Waals surface area (Å²) in [6.07, 6.45) is -0.319. The normalized spacial score (nSPS) is 20.0. The van der Waals surface area contributed by atoms with Crippen molar-refractivity contribution in [2.45, 2.75) is 43.2 Å². The van der Waals surface area contributed by atoms with Crippen molar-refractivity contribution in [2.24, 2.45) is 7.05 Å². The van der Waals surface area contributed by atoms with Crippen molar-refractivity contribution in [1.82, 2.24) is 28.6 Å². The maximum Gasteiger partial charge on any atom is 0.418 e. The zero-order chi connectivity index (χ0) is 28.9. The summed E-state index contributed by atoms with van der Waals surface area (Å²) in [6, 6.07) is 7.84. The molecule has 0 amide bonds. The molecule has 218 valence electrons. The Morgan fingerprint density at radius 2 is 2.02 bits per heavy atom. The summed E-state index contributed by atoms with van der Waals surface area (Å²) in [4.78, 5) is 15.7. The lowest BCUT2D eigenvalue weighted by atomic mass is 9.74. The van der Waals surface area contributed by atoms with E-state index in [2.05, 4.69) is 15.1 Å². The van der Waals surface area contributed by atoms with Gasteiger partial charge in [0, 0.05) is 39.1 Å². The molecule has 0 unspecified atom stereocenters. The van der Waals surface area contributed by atoms with E-state index in [0.717, 1.165) is 29.9 Å². The van der Waals surface area contributed by atoms with Crippen LogP contribution in [-0.4, -0.2) is 68.1 Å². The second kappa shape index (κ2) is 10.4. The Balaban J connectivity index is 1.41. The van der Waals surface area contributed by atoms with E-state index in [0.29, 0.717) is 23.4 Å². The van der Waals surface area contributed by atoms with Crippen LogP contribution in [0.2, 0.25) is 0 Å². The molecule has 5 heterocycles. The first-order valence-corrected chi connectivity index (χ1v) is 13.4. The van der Waals surface area contributed by atoms with Crippen LogP contribution in [0.25, 0.3) is 11.2 Å². The van der Waals surface area contributed by atoms with Crippen LogP contribution in [0.15, 0.2) is 53.8 Å². The Bertz CT molecular complexity index is 1620. The molecule has 9 nitrogen and oxygen atoms in total. The van der Waals surface area contributed by atoms with Crippen LogP contribution < -0.4 is 5.69 Å². The van der Waals surface area contributed by atoms with E-state index in [1.54, 1.807) is 38.4 Å². The number of rotatable bonds is 8. The molecule has 2 fully saturated rings. The van der Waals surface area contributed by atoms with Crippen molar-refractivity contribution in [1.29, 1.82) is 0 Å². The lowest BCUT2D eigenvalue weighted by Gasteiger charge is -2.43. The summed E-state index contributed by atoms with van der Waals surface area (Å²) in [6.45, 7) is 1.66. The van der Waals surface area contributed by atoms with E-state index in [9.17, 15) is 18.0 Å². The largest absolute Gasteiger partial charge is 0.418 e. The van der Waals surface area contributed by atoms with E-state index in [1.165, 1.54) is 27.9 Å². The fraction of sp³-hybridized carbons (Fsp3) is 0.464. The van der Waals surface area contributed by atoms with Gasteiger partial charge in [0.1, 0.15) is 6.33 Å². The monoisotopic (exact) mass is 574 g/mol. The molecule has 6 rings (SSSR count). The number of pyridine rings is 1. The summed E-state index contributed by atoms with van der Waals surface area (Å²) in [5.74, 6) is 0.138. The van der Waals surface area contributed by atoms with Gasteiger partial charge in [-0.1, -0.05) is 12.1 Å². The predicted octanol–water partition coefficient (Wildman–Crippen LogP) is 3.83. The lowest BCUT2D eigenvalue weighted by Crippen LogP contribution is -2.50. The number of aryl methyl sites for hydroxylation is 1. The molecule has 0 N–H and O–H groups in total. The molecule has 2 aliphatic heterocycles. The average molecular weight is 575 g/mol. The Morgan fingerprint density at radius 1 is 1.22 bits per heavy atom. The fourth-order valence-corrected chi connectivity index (χ4v) is 5.98. The predicted molar refractivity (Wildman–Crippen MR) is 141 cm³/mol. The molecule has 2 atom stereocenters. The average Bonchev–Trinajstić information content (AvgIpc) is 3.62. The first-order valence-electron chi connectivity index (χ1n) is 13.4. The highest BCUT2D eigenvalue weighted by molar-refractivity contribution is 5.58. The molecule has 0 aliphatic carbocycles. The molecule has 0 saturated carbocycles. The number of hydrogen-bond acceptors (Lipinski definition) is 6. The molecule has 1 aromatic carbocycles. The Morgan fingerprint density at radius 3 is 2.68 bits per heavy atom. The third-order valence-electron chi connectivity index (χ3n) is 8.25. The quantitative estimate of drug-likeness (QED) is 0.298. The van der Waals surface area contributed by atoms with Gasteiger partial charge in [-0.3, -0.25) is 13.9 Å². The van der Waals surface area contributed by atoms with Crippen LogP contribution in [0, 0.1) is 0 Å². The van der Waals surface area contributed by atoms with Gasteiger partial charge in [0.15, 0.2) is 12.0 Å². The number of ether oxygens (including phenoxy) is 2. The molecule has 13 heteroatoms. The van der Waals surface area contributed by atoms with Gasteiger partial charge < -0.3 is 14.0 Å². The van der Waals surface area contributed by atoms with E-state index >= 15 is 4.39 Å². The molecule has 41 heavy (non-hydrogen) atoms. The molecular weight excluding hydrogens is 544 g/mol. The van der Waals surface area contributed by atoms with Gasteiger partial charge in [0.25, 0.3) is 0 Å². The summed E-state index contributed by atoms with van der Waals surface area (Å²) < 4.78 is 73.0. The van der Waals surface area contributed by atoms with Crippen molar-refractivity contribution in [3.05, 3.63) is 82.1 Å². The minimum atomic E-state index is -4.68. The van der Waals surface area contributed by atoms with Gasteiger partial charge in [0.05, 0.1) is 42.0 Å². The van der Waals surface area contributed by atoms with Crippen LogP contribution in [0.5, 0.6) is 0 Å². The minimum Gasteiger partial charge on any atom is -0.383 e. The first kappa shape index (κ1) is 27.6. The highest BCUT2D eigenvalue weighted by atomic mass is 19.4. The maximum atomic E-state index is 15.9. The van der Waals surface area contributed by atoms with Crippen molar-refractivity contribution < 1.29 is 27.0 Å². The van der Waals surface area contributed by atoms with E-state index < -0.39 is 29.0 Å². The van der Waals surface area contributed by atoms with Gasteiger partial charge in [-0.25, -0.2) is 9.18 Å². The van der Waals surface area contributed by atoms with Gasteiger partial charge in [-0.15, -0.1) is 10.2 Å². The second-order valence-electron chi connectivity index (χ2n) is 10.9. The van der Waals surface area contributed by atoms with E-state index in [4.69, 9.17) is 9.47 Å². The van der Waals surface area contributed by atoms with Crippen molar-refractivity contribution in [2.75, 3.05) is 33.5 Å². The van der Waals surface area contributed by atoms with E-state index in [1.807, 2.05) is 0 Å². The molecule has 0 spiro atoms. The number of fused-ring (bicyclic) bond motifs is 1. The standard InChI is InChI=1S/C28H30F4N6O3/c1-35-17-33-34-25(35)24(29)27(15-41-16-27)19-5-3-6-20(10-19)37-13-23-22(28(30,31)32)9-18(12-38(23)26(37)39)11-36-8-4-7-21(36)14-40-2/h3,5-6,9-10,12-13,17,21,24H,4,7-8,11,14-16H2,1-2H3/t21-,24+/m1/s1. The number of benzene rings is 1. The SMILES string of the molecule is COC[C@H]1CCCN1Cc1cc(C(F)(F)F)c2cn(-c3cccc(C4([C@@H](F)c5nncn5C)COC4)c3)c(=O)n2c1.